The van der Waals surface area contributed by atoms with E-state index in [1.807, 2.05) is 59.3 Å². The maximum atomic E-state index is 13.4. The normalized spacial score (nSPS) is 10.9. The third-order valence-electron chi connectivity index (χ3n) is 5.47. The summed E-state index contributed by atoms with van der Waals surface area (Å²) >= 11 is 1.46. The van der Waals surface area contributed by atoms with Crippen molar-refractivity contribution >= 4 is 38.3 Å². The van der Waals surface area contributed by atoms with E-state index >= 15 is 0 Å². The van der Waals surface area contributed by atoms with Crippen molar-refractivity contribution in [3.8, 4) is 16.8 Å². The lowest BCUT2D eigenvalue weighted by atomic mass is 10.0. The molecule has 6 rings (SSSR count). The largest absolute Gasteiger partial charge is 0.382 e. The number of nitrogens with one attached hydrogen (secondary N) is 1. The standard InChI is InChI=1S/C20H17N3O.C5H4N4S/c1-2-16-11-14-7-6-10-18(15-12-21-22-13-15)19(14)20(24)23(16)17-8-4-3-5-9-17;6-4-3-5(8-1-7-4)10-2-9-3/h3-13H,2H2,1H3,(H,21,22);1-2H,(H2,6,7,8). The van der Waals surface area contributed by atoms with Crippen LogP contribution in [0.2, 0.25) is 0 Å². The summed E-state index contributed by atoms with van der Waals surface area (Å²) in [5, 5.41) is 8.52. The highest BCUT2D eigenvalue weighted by Crippen LogP contribution is 2.27. The molecule has 168 valence electrons. The molecule has 0 unspecified atom stereocenters. The second-order valence-corrected chi connectivity index (χ2v) is 8.32. The lowest BCUT2D eigenvalue weighted by molar-refractivity contribution is 0.889. The van der Waals surface area contributed by atoms with Crippen LogP contribution in [0.3, 0.4) is 0 Å². The number of pyridine rings is 1. The molecule has 0 aliphatic rings. The molecule has 0 aliphatic heterocycles. The molecule has 0 atom stereocenters. The van der Waals surface area contributed by atoms with Crippen molar-refractivity contribution < 1.29 is 0 Å². The molecule has 0 fully saturated rings. The number of para-hydroxylation sites is 1. The first-order valence-corrected chi connectivity index (χ1v) is 11.6. The lowest BCUT2D eigenvalue weighted by Crippen LogP contribution is -2.22. The number of H-pyrrole nitrogens is 1. The van der Waals surface area contributed by atoms with Gasteiger partial charge in [0.1, 0.15) is 16.7 Å². The van der Waals surface area contributed by atoms with Gasteiger partial charge in [-0.3, -0.25) is 14.5 Å². The first-order valence-electron chi connectivity index (χ1n) is 10.7. The molecule has 4 heterocycles. The van der Waals surface area contributed by atoms with Crippen LogP contribution in [-0.2, 0) is 6.42 Å². The van der Waals surface area contributed by atoms with Crippen molar-refractivity contribution in [2.75, 3.05) is 5.73 Å². The summed E-state index contributed by atoms with van der Waals surface area (Å²) in [5.74, 6) is 0.450. The Labute approximate surface area is 198 Å². The fraction of sp³-hybridized carbons (Fsp3) is 0.0800. The number of aryl methyl sites for hydroxylation is 1. The Kier molecular flexibility index (Phi) is 5.84. The third kappa shape index (κ3) is 3.93. The second kappa shape index (κ2) is 9.24. The molecule has 3 N–H and O–H groups in total. The van der Waals surface area contributed by atoms with Crippen LogP contribution in [0.4, 0.5) is 5.82 Å². The minimum atomic E-state index is 0.00681. The maximum Gasteiger partial charge on any atom is 0.263 e. The van der Waals surface area contributed by atoms with Gasteiger partial charge in [-0.2, -0.15) is 5.10 Å². The fourth-order valence-electron chi connectivity index (χ4n) is 3.89. The van der Waals surface area contributed by atoms with Crippen molar-refractivity contribution in [1.82, 2.24) is 29.7 Å². The van der Waals surface area contributed by atoms with Crippen LogP contribution in [0.5, 0.6) is 0 Å². The molecule has 2 aromatic carbocycles. The quantitative estimate of drug-likeness (QED) is 0.393. The summed E-state index contributed by atoms with van der Waals surface area (Å²) in [6.07, 6.45) is 5.79. The summed E-state index contributed by atoms with van der Waals surface area (Å²) in [5.41, 5.74) is 11.6. The zero-order chi connectivity index (χ0) is 23.5. The summed E-state index contributed by atoms with van der Waals surface area (Å²) in [4.78, 5) is 25.9. The van der Waals surface area contributed by atoms with Crippen molar-refractivity contribution in [1.29, 1.82) is 0 Å². The summed E-state index contributed by atoms with van der Waals surface area (Å²) < 4.78 is 1.81. The molecule has 8 nitrogen and oxygen atoms in total. The Balaban J connectivity index is 0.000000200. The van der Waals surface area contributed by atoms with Crippen LogP contribution in [0, 0.1) is 0 Å². The average molecular weight is 468 g/mol. The van der Waals surface area contributed by atoms with Crippen molar-refractivity contribution in [2.45, 2.75) is 13.3 Å². The van der Waals surface area contributed by atoms with E-state index in [9.17, 15) is 4.79 Å². The van der Waals surface area contributed by atoms with Gasteiger partial charge < -0.3 is 5.73 Å². The number of rotatable bonds is 3. The van der Waals surface area contributed by atoms with E-state index in [1.165, 1.54) is 17.7 Å². The molecule has 0 bridgehead atoms. The van der Waals surface area contributed by atoms with Crippen LogP contribution >= 0.6 is 11.3 Å². The first-order chi connectivity index (χ1) is 16.7. The number of nitrogens with zero attached hydrogens (tertiary/aromatic N) is 5. The number of thiazole rings is 1. The Bertz CT molecular complexity index is 1620. The van der Waals surface area contributed by atoms with Gasteiger partial charge in [0.05, 0.1) is 17.1 Å². The fourth-order valence-corrected chi connectivity index (χ4v) is 4.52. The molecule has 4 aromatic heterocycles. The third-order valence-corrected chi connectivity index (χ3v) is 6.20. The number of hydrogen-bond donors (Lipinski definition) is 2. The number of nitrogen functional groups attached to an aromatic ring is 1. The van der Waals surface area contributed by atoms with E-state index in [4.69, 9.17) is 5.73 Å². The highest BCUT2D eigenvalue weighted by Gasteiger charge is 2.14. The highest BCUT2D eigenvalue weighted by molar-refractivity contribution is 7.16. The lowest BCUT2D eigenvalue weighted by Gasteiger charge is -2.15. The van der Waals surface area contributed by atoms with Gasteiger partial charge in [-0.05, 0) is 35.6 Å². The molecule has 9 heteroatoms. The number of nitrogens with two attached hydrogens (primary N) is 1. The van der Waals surface area contributed by atoms with Gasteiger partial charge in [-0.25, -0.2) is 15.0 Å². The number of aromatic amines is 1. The van der Waals surface area contributed by atoms with Crippen LogP contribution in [-0.4, -0.2) is 29.7 Å². The molecule has 0 saturated carbocycles. The SMILES string of the molecule is CCc1cc2cccc(-c3cn[nH]c3)c2c(=O)n1-c1ccccc1.Nc1ncnc2scnc12. The van der Waals surface area contributed by atoms with Gasteiger partial charge >= 0.3 is 0 Å². The monoisotopic (exact) mass is 467 g/mol. The summed E-state index contributed by atoms with van der Waals surface area (Å²) in [6, 6.07) is 17.8. The Morgan fingerprint density at radius 3 is 2.65 bits per heavy atom. The molecular weight excluding hydrogens is 446 g/mol. The van der Waals surface area contributed by atoms with Crippen LogP contribution in [0.25, 0.3) is 37.9 Å². The van der Waals surface area contributed by atoms with Gasteiger partial charge in [0.25, 0.3) is 5.56 Å². The van der Waals surface area contributed by atoms with Gasteiger partial charge in [0.15, 0.2) is 5.82 Å². The Morgan fingerprint density at radius 1 is 1.06 bits per heavy atom. The smallest absolute Gasteiger partial charge is 0.263 e. The summed E-state index contributed by atoms with van der Waals surface area (Å²) in [7, 11) is 0. The minimum Gasteiger partial charge on any atom is -0.382 e. The molecule has 0 radical (unpaired) electrons. The van der Waals surface area contributed by atoms with Gasteiger partial charge in [-0.15, -0.1) is 11.3 Å². The molecule has 34 heavy (non-hydrogen) atoms. The topological polar surface area (TPSA) is 115 Å². The number of anilines is 1. The van der Waals surface area contributed by atoms with Gasteiger partial charge in [0, 0.05) is 23.1 Å². The predicted octanol–water partition coefficient (Wildman–Crippen LogP) is 4.61. The van der Waals surface area contributed by atoms with E-state index in [2.05, 4.69) is 38.1 Å². The van der Waals surface area contributed by atoms with E-state index in [-0.39, 0.29) is 5.56 Å². The summed E-state index contributed by atoms with van der Waals surface area (Å²) in [6.45, 7) is 2.07. The molecule has 0 amide bonds. The Morgan fingerprint density at radius 2 is 1.91 bits per heavy atom. The van der Waals surface area contributed by atoms with Crippen molar-refractivity contribution in [2.24, 2.45) is 0 Å². The number of fused-ring (bicyclic) bond motifs is 2. The van der Waals surface area contributed by atoms with E-state index < -0.39 is 0 Å². The molecule has 0 aliphatic carbocycles. The maximum absolute atomic E-state index is 13.4. The van der Waals surface area contributed by atoms with E-state index in [0.717, 1.165) is 44.5 Å². The minimum absolute atomic E-state index is 0.00681. The first kappa shape index (κ1) is 21.5. The highest BCUT2D eigenvalue weighted by atomic mass is 32.1. The second-order valence-electron chi connectivity index (χ2n) is 7.49. The molecule has 6 aromatic rings. The number of aromatic nitrogens is 6. The van der Waals surface area contributed by atoms with Gasteiger partial charge in [0.2, 0.25) is 0 Å². The number of hydrogen-bond acceptors (Lipinski definition) is 7. The van der Waals surface area contributed by atoms with E-state index in [0.29, 0.717) is 11.3 Å². The van der Waals surface area contributed by atoms with Crippen molar-refractivity contribution in [3.05, 3.63) is 94.9 Å². The molecule has 0 saturated heterocycles. The van der Waals surface area contributed by atoms with Crippen LogP contribution in [0.1, 0.15) is 12.6 Å². The number of benzene rings is 2. The predicted molar refractivity (Wildman–Crippen MR) is 136 cm³/mol. The zero-order valence-corrected chi connectivity index (χ0v) is 19.2. The molecular formula is C25H21N7OS. The van der Waals surface area contributed by atoms with E-state index in [1.54, 1.807) is 11.7 Å². The van der Waals surface area contributed by atoms with Crippen LogP contribution < -0.4 is 11.3 Å². The average Bonchev–Trinajstić information content (AvgIpc) is 3.58. The Hall–Kier alpha value is -4.37. The molecule has 0 spiro atoms. The van der Waals surface area contributed by atoms with Crippen LogP contribution in [0.15, 0.2) is 83.6 Å². The van der Waals surface area contributed by atoms with Crippen molar-refractivity contribution in [3.63, 3.8) is 0 Å². The van der Waals surface area contributed by atoms with Gasteiger partial charge in [-0.1, -0.05) is 43.3 Å². The zero-order valence-electron chi connectivity index (χ0n) is 18.3.